The van der Waals surface area contributed by atoms with Crippen molar-refractivity contribution in [3.05, 3.63) is 64.9 Å². The molecule has 0 unspecified atom stereocenters. The predicted molar refractivity (Wildman–Crippen MR) is 104 cm³/mol. The molecule has 0 spiro atoms. The first-order chi connectivity index (χ1) is 15.4. The van der Waals surface area contributed by atoms with Crippen molar-refractivity contribution in [2.24, 2.45) is 7.05 Å². The maximum atomic E-state index is 13.0. The lowest BCUT2D eigenvalue weighted by molar-refractivity contribution is -0.142. The number of rotatable bonds is 3. The molecule has 0 bridgehead atoms. The molecule has 3 heterocycles. The van der Waals surface area contributed by atoms with Gasteiger partial charge in [0.15, 0.2) is 5.69 Å². The largest absolute Gasteiger partial charge is 0.435 e. The molecule has 1 aliphatic rings. The summed E-state index contributed by atoms with van der Waals surface area (Å²) >= 11 is 0. The fourth-order valence-corrected chi connectivity index (χ4v) is 3.76. The summed E-state index contributed by atoms with van der Waals surface area (Å²) in [6.45, 7) is 0. The standard InChI is InChI=1S/C21H17F6N5O/c1-32-16(10-18(31-32)21(25,26)27)19(33)30-15-4-2-3-14-12(15)5-6-13(29-14)11-7-8-28-17(9-11)20(22,23)24/h5-10,15H,2-4H2,1H3,(H,30,33)/t15-/m0/s1. The SMILES string of the molecule is Cn1nc(C(F)(F)F)cc1C(=O)N[C@H]1CCCc2nc(-c3ccnc(C(F)(F)F)c3)ccc21. The number of nitrogens with zero attached hydrogens (tertiary/aromatic N) is 4. The van der Waals surface area contributed by atoms with E-state index in [4.69, 9.17) is 0 Å². The van der Waals surface area contributed by atoms with Crippen molar-refractivity contribution in [2.45, 2.75) is 37.7 Å². The zero-order valence-electron chi connectivity index (χ0n) is 17.1. The number of pyridine rings is 2. The smallest absolute Gasteiger partial charge is 0.344 e. The van der Waals surface area contributed by atoms with Crippen LogP contribution in [-0.2, 0) is 25.8 Å². The topological polar surface area (TPSA) is 72.7 Å². The molecular formula is C21H17F6N5O. The minimum atomic E-state index is -4.67. The Balaban J connectivity index is 1.58. The first-order valence-electron chi connectivity index (χ1n) is 9.89. The number of aryl methyl sites for hydroxylation is 2. The lowest BCUT2D eigenvalue weighted by Crippen LogP contribution is -2.32. The summed E-state index contributed by atoms with van der Waals surface area (Å²) < 4.78 is 78.4. The third kappa shape index (κ3) is 4.69. The van der Waals surface area contributed by atoms with E-state index in [-0.39, 0.29) is 11.3 Å². The molecule has 0 saturated heterocycles. The second kappa shape index (κ2) is 8.16. The van der Waals surface area contributed by atoms with Gasteiger partial charge in [-0.05, 0) is 43.0 Å². The molecule has 12 heteroatoms. The second-order valence-electron chi connectivity index (χ2n) is 7.61. The van der Waals surface area contributed by atoms with Crippen molar-refractivity contribution in [2.75, 3.05) is 0 Å². The van der Waals surface area contributed by atoms with E-state index in [0.29, 0.717) is 42.3 Å². The summed E-state index contributed by atoms with van der Waals surface area (Å²) in [4.78, 5) is 20.5. The molecule has 3 aromatic heterocycles. The number of alkyl halides is 6. The molecule has 0 radical (unpaired) electrons. The first-order valence-corrected chi connectivity index (χ1v) is 9.89. The van der Waals surface area contributed by atoms with Gasteiger partial charge in [0.2, 0.25) is 0 Å². The van der Waals surface area contributed by atoms with Crippen LogP contribution in [0.15, 0.2) is 36.5 Å². The van der Waals surface area contributed by atoms with E-state index in [2.05, 4.69) is 20.4 Å². The molecule has 1 aliphatic carbocycles. The Hall–Kier alpha value is -3.44. The fourth-order valence-electron chi connectivity index (χ4n) is 3.76. The molecule has 0 fully saturated rings. The summed E-state index contributed by atoms with van der Waals surface area (Å²) in [5.74, 6) is -0.716. The number of nitrogens with one attached hydrogen (secondary N) is 1. The highest BCUT2D eigenvalue weighted by atomic mass is 19.4. The number of aromatic nitrogens is 4. The molecule has 3 aromatic rings. The van der Waals surface area contributed by atoms with Gasteiger partial charge in [-0.2, -0.15) is 31.4 Å². The van der Waals surface area contributed by atoms with E-state index in [1.165, 1.54) is 13.1 Å². The molecule has 0 aromatic carbocycles. The average molecular weight is 469 g/mol. The number of carbonyl (C=O) groups excluding carboxylic acids is 1. The number of hydrogen-bond donors (Lipinski definition) is 1. The molecule has 1 amide bonds. The Bertz CT molecular complexity index is 1200. The molecular weight excluding hydrogens is 452 g/mol. The van der Waals surface area contributed by atoms with Gasteiger partial charge in [0.25, 0.3) is 5.91 Å². The molecule has 6 nitrogen and oxygen atoms in total. The lowest BCUT2D eigenvalue weighted by atomic mass is 9.90. The van der Waals surface area contributed by atoms with Crippen LogP contribution < -0.4 is 5.32 Å². The second-order valence-corrected chi connectivity index (χ2v) is 7.61. The van der Waals surface area contributed by atoms with Crippen molar-refractivity contribution >= 4 is 5.91 Å². The number of halogens is 6. The highest BCUT2D eigenvalue weighted by Crippen LogP contribution is 2.34. The van der Waals surface area contributed by atoms with Crippen LogP contribution in [0.3, 0.4) is 0 Å². The van der Waals surface area contributed by atoms with Gasteiger partial charge in [0.1, 0.15) is 11.4 Å². The van der Waals surface area contributed by atoms with Gasteiger partial charge in [-0.3, -0.25) is 19.4 Å². The maximum Gasteiger partial charge on any atom is 0.435 e. The predicted octanol–water partition coefficient (Wildman–Crippen LogP) is 4.72. The summed E-state index contributed by atoms with van der Waals surface area (Å²) in [6.07, 6.45) is -6.47. The van der Waals surface area contributed by atoms with Gasteiger partial charge in [-0.1, -0.05) is 6.07 Å². The molecule has 33 heavy (non-hydrogen) atoms. The van der Waals surface area contributed by atoms with Crippen molar-refractivity contribution in [1.82, 2.24) is 25.1 Å². The van der Waals surface area contributed by atoms with E-state index < -0.39 is 35.7 Å². The van der Waals surface area contributed by atoms with E-state index in [9.17, 15) is 31.1 Å². The molecule has 0 aliphatic heterocycles. The Morgan fingerprint density at radius 2 is 1.79 bits per heavy atom. The summed E-state index contributed by atoms with van der Waals surface area (Å²) in [5.41, 5.74) is -0.580. The van der Waals surface area contributed by atoms with Crippen molar-refractivity contribution in [3.8, 4) is 11.3 Å². The number of hydrogen-bond acceptors (Lipinski definition) is 4. The van der Waals surface area contributed by atoms with Crippen molar-refractivity contribution in [1.29, 1.82) is 0 Å². The number of fused-ring (bicyclic) bond motifs is 1. The third-order valence-electron chi connectivity index (χ3n) is 5.35. The van der Waals surface area contributed by atoms with Gasteiger partial charge < -0.3 is 5.32 Å². The zero-order chi connectivity index (χ0) is 24.0. The van der Waals surface area contributed by atoms with Crippen LogP contribution in [0.5, 0.6) is 0 Å². The monoisotopic (exact) mass is 469 g/mol. The highest BCUT2D eigenvalue weighted by Gasteiger charge is 2.36. The van der Waals surface area contributed by atoms with Crippen LogP contribution in [-0.4, -0.2) is 25.7 Å². The summed E-state index contributed by atoms with van der Waals surface area (Å²) in [6, 6.07) is 5.73. The first kappa shape index (κ1) is 22.7. The fraction of sp³-hybridized carbons (Fsp3) is 0.333. The van der Waals surface area contributed by atoms with Gasteiger partial charge in [0, 0.05) is 30.6 Å². The van der Waals surface area contributed by atoms with Crippen LogP contribution in [0.2, 0.25) is 0 Å². The Kier molecular flexibility index (Phi) is 5.62. The number of carbonyl (C=O) groups is 1. The van der Waals surface area contributed by atoms with Gasteiger partial charge >= 0.3 is 12.4 Å². The van der Waals surface area contributed by atoms with E-state index in [1.807, 2.05) is 0 Å². The minimum absolute atomic E-state index is 0.240. The molecule has 174 valence electrons. The zero-order valence-corrected chi connectivity index (χ0v) is 17.1. The minimum Gasteiger partial charge on any atom is -0.344 e. The lowest BCUT2D eigenvalue weighted by Gasteiger charge is -2.26. The molecule has 4 rings (SSSR count). The van der Waals surface area contributed by atoms with Crippen LogP contribution >= 0.6 is 0 Å². The number of amides is 1. The van der Waals surface area contributed by atoms with E-state index in [1.54, 1.807) is 12.1 Å². The maximum absolute atomic E-state index is 13.0. The highest BCUT2D eigenvalue weighted by molar-refractivity contribution is 5.93. The third-order valence-corrected chi connectivity index (χ3v) is 5.35. The van der Waals surface area contributed by atoms with Gasteiger partial charge in [0.05, 0.1) is 11.7 Å². The Labute approximate surface area is 183 Å². The van der Waals surface area contributed by atoms with E-state index >= 15 is 0 Å². The quantitative estimate of drug-likeness (QED) is 0.564. The van der Waals surface area contributed by atoms with E-state index in [0.717, 1.165) is 16.9 Å². The molecule has 1 atom stereocenters. The molecule has 0 saturated carbocycles. The Morgan fingerprint density at radius 3 is 2.45 bits per heavy atom. The van der Waals surface area contributed by atoms with Gasteiger partial charge in [-0.15, -0.1) is 0 Å². The van der Waals surface area contributed by atoms with Crippen LogP contribution in [0.1, 0.15) is 52.0 Å². The molecule has 1 N–H and O–H groups in total. The van der Waals surface area contributed by atoms with Crippen molar-refractivity contribution < 1.29 is 31.1 Å². The summed E-state index contributed by atoms with van der Waals surface area (Å²) in [7, 11) is 1.25. The average Bonchev–Trinajstić information content (AvgIpc) is 3.15. The normalized spacial score (nSPS) is 16.4. The van der Waals surface area contributed by atoms with Gasteiger partial charge in [-0.25, -0.2) is 0 Å². The van der Waals surface area contributed by atoms with Crippen LogP contribution in [0.25, 0.3) is 11.3 Å². The van der Waals surface area contributed by atoms with Crippen LogP contribution in [0.4, 0.5) is 26.3 Å². The van der Waals surface area contributed by atoms with Crippen LogP contribution in [0, 0.1) is 0 Å². The van der Waals surface area contributed by atoms with Crippen molar-refractivity contribution in [3.63, 3.8) is 0 Å². The Morgan fingerprint density at radius 1 is 1.06 bits per heavy atom. The summed E-state index contributed by atoms with van der Waals surface area (Å²) in [5, 5.41) is 6.06.